The molecule has 0 spiro atoms. The maximum Gasteiger partial charge on any atom is 0.251 e. The van der Waals surface area contributed by atoms with E-state index in [1.807, 2.05) is 24.3 Å². The molecule has 2 saturated carbocycles. The van der Waals surface area contributed by atoms with Gasteiger partial charge in [0.15, 0.2) is 0 Å². The summed E-state index contributed by atoms with van der Waals surface area (Å²) in [5, 5.41) is 3.18. The van der Waals surface area contributed by atoms with E-state index in [0.29, 0.717) is 12.6 Å². The number of benzene rings is 1. The zero-order chi connectivity index (χ0) is 13.9. The third-order valence-electron chi connectivity index (χ3n) is 4.86. The van der Waals surface area contributed by atoms with Gasteiger partial charge in [-0.05, 0) is 36.0 Å². The van der Waals surface area contributed by atoms with Crippen molar-refractivity contribution in [3.05, 3.63) is 35.4 Å². The molecule has 1 aromatic rings. The van der Waals surface area contributed by atoms with Crippen molar-refractivity contribution in [3.63, 3.8) is 0 Å². The van der Waals surface area contributed by atoms with Crippen LogP contribution in [-0.2, 0) is 6.54 Å². The molecule has 21 heavy (non-hydrogen) atoms. The molecule has 2 atom stereocenters. The molecule has 2 unspecified atom stereocenters. The van der Waals surface area contributed by atoms with Gasteiger partial charge in [0.25, 0.3) is 5.91 Å². The minimum Gasteiger partial charge on any atom is -0.349 e. The number of carbonyl (C=O) groups is 1. The highest BCUT2D eigenvalue weighted by atomic mass is 35.5. The minimum absolute atomic E-state index is 0. The number of hydrogen-bond donors (Lipinski definition) is 2. The Morgan fingerprint density at radius 2 is 1.81 bits per heavy atom. The fourth-order valence-corrected chi connectivity index (χ4v) is 3.51. The summed E-state index contributed by atoms with van der Waals surface area (Å²) in [5.41, 5.74) is 7.38. The molecular formula is C17H25ClN2O. The smallest absolute Gasteiger partial charge is 0.251 e. The third-order valence-corrected chi connectivity index (χ3v) is 4.86. The van der Waals surface area contributed by atoms with Gasteiger partial charge in [-0.1, -0.05) is 44.2 Å². The van der Waals surface area contributed by atoms with Crippen LogP contribution >= 0.6 is 12.4 Å². The number of carbonyl (C=O) groups excluding carboxylic acids is 1. The predicted molar refractivity (Wildman–Crippen MR) is 87.5 cm³/mol. The number of halogens is 1. The molecule has 0 saturated heterocycles. The fraction of sp³-hybridized carbons (Fsp3) is 0.588. The van der Waals surface area contributed by atoms with Crippen LogP contribution in [0.25, 0.3) is 0 Å². The Labute approximate surface area is 133 Å². The quantitative estimate of drug-likeness (QED) is 0.897. The van der Waals surface area contributed by atoms with Crippen molar-refractivity contribution in [2.45, 2.75) is 51.1 Å². The van der Waals surface area contributed by atoms with Crippen molar-refractivity contribution >= 4 is 18.3 Å². The highest BCUT2D eigenvalue weighted by Crippen LogP contribution is 2.44. The first-order valence-electron chi connectivity index (χ1n) is 7.88. The van der Waals surface area contributed by atoms with Crippen LogP contribution in [0.2, 0.25) is 0 Å². The van der Waals surface area contributed by atoms with Gasteiger partial charge in [-0.15, -0.1) is 12.4 Å². The Balaban J connectivity index is 0.00000161. The number of amides is 1. The lowest BCUT2D eigenvalue weighted by molar-refractivity contribution is 0.0946. The van der Waals surface area contributed by atoms with E-state index in [9.17, 15) is 4.79 Å². The van der Waals surface area contributed by atoms with Gasteiger partial charge >= 0.3 is 0 Å². The van der Waals surface area contributed by atoms with Gasteiger partial charge in [0.2, 0.25) is 0 Å². The summed E-state index contributed by atoms with van der Waals surface area (Å²) in [6, 6.07) is 8.02. The van der Waals surface area contributed by atoms with E-state index in [-0.39, 0.29) is 18.3 Å². The lowest BCUT2D eigenvalue weighted by atomic mass is 9.85. The van der Waals surface area contributed by atoms with Crippen molar-refractivity contribution in [2.75, 3.05) is 0 Å². The maximum absolute atomic E-state index is 12.2. The van der Waals surface area contributed by atoms with Gasteiger partial charge < -0.3 is 11.1 Å². The summed E-state index contributed by atoms with van der Waals surface area (Å²) in [4.78, 5) is 12.2. The summed E-state index contributed by atoms with van der Waals surface area (Å²) < 4.78 is 0. The van der Waals surface area contributed by atoms with Gasteiger partial charge in [-0.25, -0.2) is 0 Å². The predicted octanol–water partition coefficient (Wildman–Crippen LogP) is 3.27. The van der Waals surface area contributed by atoms with E-state index in [4.69, 9.17) is 5.73 Å². The fourth-order valence-electron chi connectivity index (χ4n) is 3.51. The zero-order valence-corrected chi connectivity index (χ0v) is 13.2. The number of hydrogen-bond acceptors (Lipinski definition) is 2. The molecule has 116 valence electrons. The Morgan fingerprint density at radius 1 is 1.14 bits per heavy atom. The van der Waals surface area contributed by atoms with Crippen molar-refractivity contribution in [1.82, 2.24) is 5.32 Å². The highest BCUT2D eigenvalue weighted by Gasteiger charge is 2.43. The second-order valence-corrected chi connectivity index (χ2v) is 6.28. The molecule has 1 aromatic carbocycles. The first-order chi connectivity index (χ1) is 9.78. The Morgan fingerprint density at radius 3 is 2.43 bits per heavy atom. The van der Waals surface area contributed by atoms with Crippen molar-refractivity contribution in [2.24, 2.45) is 17.6 Å². The summed E-state index contributed by atoms with van der Waals surface area (Å²) in [6.07, 6.45) is 8.06. The van der Waals surface area contributed by atoms with Crippen LogP contribution in [-0.4, -0.2) is 11.9 Å². The number of rotatable bonds is 4. The van der Waals surface area contributed by atoms with E-state index in [1.165, 1.54) is 38.5 Å². The van der Waals surface area contributed by atoms with Gasteiger partial charge in [0.1, 0.15) is 0 Å². The molecule has 0 radical (unpaired) electrons. The Hall–Kier alpha value is -1.06. The van der Waals surface area contributed by atoms with E-state index in [2.05, 4.69) is 5.32 Å². The van der Waals surface area contributed by atoms with E-state index in [0.717, 1.165) is 23.0 Å². The second kappa shape index (κ2) is 7.28. The topological polar surface area (TPSA) is 55.1 Å². The highest BCUT2D eigenvalue weighted by molar-refractivity contribution is 5.94. The van der Waals surface area contributed by atoms with E-state index >= 15 is 0 Å². The van der Waals surface area contributed by atoms with Gasteiger partial charge in [0, 0.05) is 18.2 Å². The Kier molecular flexibility index (Phi) is 5.65. The summed E-state index contributed by atoms with van der Waals surface area (Å²) in [5.74, 6) is 1.66. The van der Waals surface area contributed by atoms with Gasteiger partial charge in [-0.3, -0.25) is 4.79 Å². The second-order valence-electron chi connectivity index (χ2n) is 6.28. The molecule has 2 fully saturated rings. The van der Waals surface area contributed by atoms with Crippen molar-refractivity contribution < 1.29 is 4.79 Å². The molecule has 3 nitrogen and oxygen atoms in total. The lowest BCUT2D eigenvalue weighted by Crippen LogP contribution is -2.28. The van der Waals surface area contributed by atoms with Crippen LogP contribution in [0.3, 0.4) is 0 Å². The van der Waals surface area contributed by atoms with Crippen molar-refractivity contribution in [3.8, 4) is 0 Å². The summed E-state index contributed by atoms with van der Waals surface area (Å²) in [6.45, 7) is 0.522. The summed E-state index contributed by atoms with van der Waals surface area (Å²) >= 11 is 0. The molecule has 0 heterocycles. The number of nitrogens with one attached hydrogen (secondary N) is 1. The average molecular weight is 309 g/mol. The molecule has 3 rings (SSSR count). The first-order valence-corrected chi connectivity index (χ1v) is 7.88. The van der Waals surface area contributed by atoms with Gasteiger partial charge in [-0.2, -0.15) is 0 Å². The van der Waals surface area contributed by atoms with Crippen molar-refractivity contribution in [1.29, 1.82) is 0 Å². The van der Waals surface area contributed by atoms with Crippen LogP contribution < -0.4 is 11.1 Å². The van der Waals surface area contributed by atoms with Crippen LogP contribution in [0.1, 0.15) is 54.4 Å². The Bertz CT molecular complexity index is 468. The third kappa shape index (κ3) is 3.98. The molecule has 4 heteroatoms. The normalized spacial score (nSPS) is 25.0. The standard InChI is InChI=1S/C17H24N2O.ClH/c18-11-12-6-8-14(9-7-12)17(20)19-16-10-15(16)13-4-2-1-3-5-13;/h6-9,13,15-16H,1-5,10-11,18H2,(H,19,20);1H. The average Bonchev–Trinajstić information content (AvgIpc) is 3.27. The SMILES string of the molecule is Cl.NCc1ccc(C(=O)NC2CC2C2CCCCC2)cc1. The van der Waals surface area contributed by atoms with Crippen LogP contribution in [0.4, 0.5) is 0 Å². The van der Waals surface area contributed by atoms with Crippen LogP contribution in [0.15, 0.2) is 24.3 Å². The zero-order valence-electron chi connectivity index (χ0n) is 12.4. The maximum atomic E-state index is 12.2. The van der Waals surface area contributed by atoms with E-state index in [1.54, 1.807) is 0 Å². The molecule has 2 aliphatic rings. The monoisotopic (exact) mass is 308 g/mol. The largest absolute Gasteiger partial charge is 0.349 e. The lowest BCUT2D eigenvalue weighted by Gasteiger charge is -2.21. The molecule has 0 bridgehead atoms. The van der Waals surface area contributed by atoms with Crippen LogP contribution in [0.5, 0.6) is 0 Å². The molecule has 2 aliphatic carbocycles. The molecular weight excluding hydrogens is 284 g/mol. The summed E-state index contributed by atoms with van der Waals surface area (Å²) in [7, 11) is 0. The first kappa shape index (κ1) is 16.3. The van der Waals surface area contributed by atoms with Gasteiger partial charge in [0.05, 0.1) is 0 Å². The number of nitrogens with two attached hydrogens (primary N) is 1. The molecule has 3 N–H and O–H groups in total. The van der Waals surface area contributed by atoms with Crippen LogP contribution in [0, 0.1) is 11.8 Å². The van der Waals surface area contributed by atoms with E-state index < -0.39 is 0 Å². The molecule has 0 aliphatic heterocycles. The molecule has 0 aromatic heterocycles. The molecule has 1 amide bonds. The minimum atomic E-state index is 0.